The fraction of sp³-hybridized carbons (Fsp3) is 0.733. The van der Waals surface area contributed by atoms with Crippen LogP contribution in [0.3, 0.4) is 0 Å². The molecule has 0 bridgehead atoms. The predicted octanol–water partition coefficient (Wildman–Crippen LogP) is 2.73. The van der Waals surface area contributed by atoms with Crippen LogP contribution in [-0.4, -0.2) is 35.8 Å². The molecule has 2 atom stereocenters. The zero-order valence-corrected chi connectivity index (χ0v) is 13.3. The predicted molar refractivity (Wildman–Crippen MR) is 79.9 cm³/mol. The molecular weight excluding hydrogens is 254 g/mol. The summed E-state index contributed by atoms with van der Waals surface area (Å²) in [5.41, 5.74) is 0.467. The number of ether oxygens (including phenoxy) is 2. The molecule has 1 N–H and O–H groups in total. The lowest BCUT2D eigenvalue weighted by Crippen LogP contribution is -2.44. The molecule has 1 heterocycles. The molecule has 0 aliphatic carbocycles. The molecule has 0 saturated carbocycles. The second kappa shape index (κ2) is 8.17. The third-order valence-corrected chi connectivity index (χ3v) is 3.54. The van der Waals surface area contributed by atoms with Gasteiger partial charge in [-0.05, 0) is 33.2 Å². The minimum atomic E-state index is -0.340. The van der Waals surface area contributed by atoms with E-state index in [4.69, 9.17) is 9.47 Å². The highest BCUT2D eigenvalue weighted by atomic mass is 16.5. The van der Waals surface area contributed by atoms with E-state index >= 15 is 0 Å². The summed E-state index contributed by atoms with van der Waals surface area (Å²) in [7, 11) is 1.62. The molecule has 0 aliphatic rings. The largest absolute Gasteiger partial charge is 0.480 e. The Kier molecular flexibility index (Phi) is 6.88. The van der Waals surface area contributed by atoms with Crippen molar-refractivity contribution in [3.63, 3.8) is 0 Å². The van der Waals surface area contributed by atoms with E-state index in [9.17, 15) is 0 Å². The van der Waals surface area contributed by atoms with Gasteiger partial charge in [0.05, 0.1) is 18.8 Å². The number of hydrogen-bond donors (Lipinski definition) is 1. The molecule has 0 amide bonds. The van der Waals surface area contributed by atoms with E-state index in [1.807, 2.05) is 6.92 Å². The van der Waals surface area contributed by atoms with E-state index in [1.165, 1.54) is 0 Å². The van der Waals surface area contributed by atoms with Gasteiger partial charge in [0.1, 0.15) is 5.69 Å². The lowest BCUT2D eigenvalue weighted by Gasteiger charge is -2.37. The van der Waals surface area contributed by atoms with Gasteiger partial charge in [0.15, 0.2) is 0 Å². The van der Waals surface area contributed by atoms with Crippen LogP contribution in [0.25, 0.3) is 0 Å². The minimum Gasteiger partial charge on any atom is -0.480 e. The van der Waals surface area contributed by atoms with Crippen LogP contribution in [0.2, 0.25) is 0 Å². The summed E-state index contributed by atoms with van der Waals surface area (Å²) in [6.07, 6.45) is 5.26. The van der Waals surface area contributed by atoms with Gasteiger partial charge in [0.2, 0.25) is 5.88 Å². The van der Waals surface area contributed by atoms with Gasteiger partial charge in [-0.2, -0.15) is 0 Å². The summed E-state index contributed by atoms with van der Waals surface area (Å²) in [4.78, 5) is 8.72. The molecule has 20 heavy (non-hydrogen) atoms. The fourth-order valence-corrected chi connectivity index (χ4v) is 2.30. The fourth-order valence-electron chi connectivity index (χ4n) is 2.30. The quantitative estimate of drug-likeness (QED) is 0.754. The molecule has 114 valence electrons. The monoisotopic (exact) mass is 281 g/mol. The Morgan fingerprint density at radius 1 is 1.25 bits per heavy atom. The van der Waals surface area contributed by atoms with Gasteiger partial charge < -0.3 is 14.8 Å². The Bertz CT molecular complexity index is 400. The first-order valence-corrected chi connectivity index (χ1v) is 7.35. The summed E-state index contributed by atoms with van der Waals surface area (Å²) in [5.74, 6) is 0.556. The molecule has 1 aromatic rings. The summed E-state index contributed by atoms with van der Waals surface area (Å²) in [6.45, 7) is 9.95. The SMILES string of the molecule is CCCNC(c1nccnc1OC)C(C)(CC)OCC. The van der Waals surface area contributed by atoms with Crippen LogP contribution in [0.4, 0.5) is 0 Å². The Balaban J connectivity index is 3.16. The topological polar surface area (TPSA) is 56.3 Å². The Labute approximate surface area is 122 Å². The Hall–Kier alpha value is -1.20. The molecule has 1 aromatic heterocycles. The van der Waals surface area contributed by atoms with Gasteiger partial charge in [-0.15, -0.1) is 0 Å². The third kappa shape index (κ3) is 3.90. The molecular formula is C15H27N3O2. The zero-order valence-electron chi connectivity index (χ0n) is 13.3. The van der Waals surface area contributed by atoms with Crippen LogP contribution < -0.4 is 10.1 Å². The normalized spacial score (nSPS) is 15.7. The first-order chi connectivity index (χ1) is 9.62. The maximum Gasteiger partial charge on any atom is 0.237 e. The molecule has 0 fully saturated rings. The maximum absolute atomic E-state index is 6.01. The second-order valence-electron chi connectivity index (χ2n) is 4.94. The van der Waals surface area contributed by atoms with Crippen molar-refractivity contribution in [1.29, 1.82) is 0 Å². The second-order valence-corrected chi connectivity index (χ2v) is 4.94. The average molecular weight is 281 g/mol. The third-order valence-electron chi connectivity index (χ3n) is 3.54. The van der Waals surface area contributed by atoms with Gasteiger partial charge in [-0.3, -0.25) is 4.98 Å². The number of nitrogens with zero attached hydrogens (tertiary/aromatic N) is 2. The van der Waals surface area contributed by atoms with Crippen LogP contribution >= 0.6 is 0 Å². The standard InChI is InChI=1S/C15H27N3O2/c1-6-9-17-13(15(4,7-2)20-8-3)12-14(19-5)18-11-10-16-12/h10-11,13,17H,6-9H2,1-5H3. The number of methoxy groups -OCH3 is 1. The summed E-state index contributed by atoms with van der Waals surface area (Å²) in [6, 6.07) is -0.0453. The van der Waals surface area contributed by atoms with Crippen molar-refractivity contribution in [2.45, 2.75) is 52.2 Å². The molecule has 0 aromatic carbocycles. The first-order valence-electron chi connectivity index (χ1n) is 7.35. The van der Waals surface area contributed by atoms with Crippen molar-refractivity contribution in [2.24, 2.45) is 0 Å². The summed E-state index contributed by atoms with van der Waals surface area (Å²) in [5, 5.41) is 3.53. The van der Waals surface area contributed by atoms with Gasteiger partial charge in [-0.25, -0.2) is 4.98 Å². The molecule has 5 heteroatoms. The lowest BCUT2D eigenvalue weighted by molar-refractivity contribution is -0.0578. The average Bonchev–Trinajstić information content (AvgIpc) is 2.48. The minimum absolute atomic E-state index is 0.0453. The van der Waals surface area contributed by atoms with Crippen molar-refractivity contribution < 1.29 is 9.47 Å². The highest BCUT2D eigenvalue weighted by Crippen LogP contribution is 2.34. The van der Waals surface area contributed by atoms with E-state index in [2.05, 4.69) is 36.1 Å². The number of nitrogens with one attached hydrogen (secondary N) is 1. The molecule has 0 radical (unpaired) electrons. The number of aromatic nitrogens is 2. The molecule has 5 nitrogen and oxygen atoms in total. The zero-order chi connectivity index (χ0) is 15.0. The Morgan fingerprint density at radius 2 is 1.95 bits per heavy atom. The van der Waals surface area contributed by atoms with Crippen molar-refractivity contribution in [1.82, 2.24) is 15.3 Å². The van der Waals surface area contributed by atoms with Crippen LogP contribution in [0.15, 0.2) is 12.4 Å². The molecule has 0 saturated heterocycles. The van der Waals surface area contributed by atoms with Crippen LogP contribution in [0, 0.1) is 0 Å². The molecule has 2 unspecified atom stereocenters. The maximum atomic E-state index is 6.01. The van der Waals surface area contributed by atoms with E-state index in [-0.39, 0.29) is 11.6 Å². The molecule has 1 rings (SSSR count). The van der Waals surface area contributed by atoms with E-state index < -0.39 is 0 Å². The van der Waals surface area contributed by atoms with Crippen molar-refractivity contribution >= 4 is 0 Å². The summed E-state index contributed by atoms with van der Waals surface area (Å²) < 4.78 is 11.4. The highest BCUT2D eigenvalue weighted by molar-refractivity contribution is 5.24. The van der Waals surface area contributed by atoms with E-state index in [0.29, 0.717) is 12.5 Å². The van der Waals surface area contributed by atoms with Crippen molar-refractivity contribution in [2.75, 3.05) is 20.3 Å². The first kappa shape index (κ1) is 16.9. The van der Waals surface area contributed by atoms with Gasteiger partial charge >= 0.3 is 0 Å². The molecule has 0 aliphatic heterocycles. The highest BCUT2D eigenvalue weighted by Gasteiger charge is 2.37. The van der Waals surface area contributed by atoms with E-state index in [0.717, 1.165) is 25.1 Å². The number of rotatable bonds is 9. The van der Waals surface area contributed by atoms with Gasteiger partial charge in [0, 0.05) is 19.0 Å². The number of hydrogen-bond acceptors (Lipinski definition) is 5. The van der Waals surface area contributed by atoms with E-state index in [1.54, 1.807) is 19.5 Å². The van der Waals surface area contributed by atoms with Gasteiger partial charge in [-0.1, -0.05) is 13.8 Å². The Morgan fingerprint density at radius 3 is 2.50 bits per heavy atom. The van der Waals surface area contributed by atoms with Crippen LogP contribution in [0.5, 0.6) is 5.88 Å². The van der Waals surface area contributed by atoms with Gasteiger partial charge in [0.25, 0.3) is 0 Å². The molecule has 0 spiro atoms. The lowest BCUT2D eigenvalue weighted by atomic mass is 9.90. The summed E-state index contributed by atoms with van der Waals surface area (Å²) >= 11 is 0. The van der Waals surface area contributed by atoms with Crippen LogP contribution in [-0.2, 0) is 4.74 Å². The van der Waals surface area contributed by atoms with Crippen molar-refractivity contribution in [3.8, 4) is 5.88 Å². The van der Waals surface area contributed by atoms with Crippen molar-refractivity contribution in [3.05, 3.63) is 18.1 Å². The smallest absolute Gasteiger partial charge is 0.237 e. The van der Waals surface area contributed by atoms with Crippen LogP contribution in [0.1, 0.15) is 52.3 Å².